The van der Waals surface area contributed by atoms with Crippen LogP contribution in [0.25, 0.3) is 0 Å². The predicted octanol–water partition coefficient (Wildman–Crippen LogP) is 4.83. The summed E-state index contributed by atoms with van der Waals surface area (Å²) in [4.78, 5) is 17.7. The molecule has 0 fully saturated rings. The molecule has 6 heteroatoms. The molecule has 0 saturated heterocycles. The third-order valence-corrected chi connectivity index (χ3v) is 4.60. The van der Waals surface area contributed by atoms with Gasteiger partial charge in [-0.05, 0) is 35.7 Å². The fourth-order valence-corrected chi connectivity index (χ4v) is 3.28. The molecule has 1 N–H and O–H groups in total. The molecule has 100 valence electrons. The SMILES string of the molecule is O=C(c1cccs1)c1cnc(Nc2ccc(Cl)cc2)s1. The largest absolute Gasteiger partial charge is 0.332 e. The van der Waals surface area contributed by atoms with Gasteiger partial charge in [0.1, 0.15) is 0 Å². The maximum atomic E-state index is 12.2. The molecule has 0 atom stereocenters. The standard InChI is InChI=1S/C14H9ClN2OS2/c15-9-3-5-10(6-4-9)17-14-16-8-12(20-14)13(18)11-2-1-7-19-11/h1-8H,(H,16,17). The summed E-state index contributed by atoms with van der Waals surface area (Å²) in [5, 5.41) is 6.41. The summed E-state index contributed by atoms with van der Waals surface area (Å²) in [7, 11) is 0. The summed E-state index contributed by atoms with van der Waals surface area (Å²) in [6.45, 7) is 0. The molecule has 3 nitrogen and oxygen atoms in total. The van der Waals surface area contributed by atoms with E-state index in [-0.39, 0.29) is 5.78 Å². The van der Waals surface area contributed by atoms with Crippen molar-refractivity contribution in [2.45, 2.75) is 0 Å². The maximum Gasteiger partial charge on any atom is 0.214 e. The van der Waals surface area contributed by atoms with Gasteiger partial charge in [-0.25, -0.2) is 4.98 Å². The topological polar surface area (TPSA) is 42.0 Å². The third kappa shape index (κ3) is 2.90. The summed E-state index contributed by atoms with van der Waals surface area (Å²) in [5.41, 5.74) is 0.888. The first-order valence-corrected chi connectivity index (χ1v) is 7.86. The number of carbonyl (C=O) groups excluding carboxylic acids is 1. The van der Waals surface area contributed by atoms with Gasteiger partial charge in [-0.15, -0.1) is 11.3 Å². The summed E-state index contributed by atoms with van der Waals surface area (Å²) in [6.07, 6.45) is 1.60. The Bertz CT molecular complexity index is 720. The lowest BCUT2D eigenvalue weighted by atomic mass is 10.3. The second-order valence-corrected chi connectivity index (χ2v) is 6.38. The van der Waals surface area contributed by atoms with Crippen molar-refractivity contribution in [2.24, 2.45) is 0 Å². The number of nitrogens with zero attached hydrogens (tertiary/aromatic N) is 1. The first-order chi connectivity index (χ1) is 9.72. The highest BCUT2D eigenvalue weighted by Crippen LogP contribution is 2.26. The number of rotatable bonds is 4. The van der Waals surface area contributed by atoms with Crippen LogP contribution in [-0.4, -0.2) is 10.8 Å². The average Bonchev–Trinajstić information content (AvgIpc) is 3.12. The number of benzene rings is 1. The van der Waals surface area contributed by atoms with Crippen molar-refractivity contribution in [1.29, 1.82) is 0 Å². The van der Waals surface area contributed by atoms with Gasteiger partial charge < -0.3 is 5.32 Å². The molecule has 0 radical (unpaired) electrons. The Labute approximate surface area is 128 Å². The summed E-state index contributed by atoms with van der Waals surface area (Å²) in [5.74, 6) is 0.0154. The number of nitrogens with one attached hydrogen (secondary N) is 1. The molecule has 0 saturated carbocycles. The number of thiazole rings is 1. The lowest BCUT2D eigenvalue weighted by Crippen LogP contribution is -1.93. The summed E-state index contributed by atoms with van der Waals surface area (Å²) in [6, 6.07) is 11.0. The van der Waals surface area contributed by atoms with Crippen LogP contribution < -0.4 is 5.32 Å². The number of thiophene rings is 1. The number of carbonyl (C=O) groups is 1. The van der Waals surface area contributed by atoms with E-state index in [1.54, 1.807) is 18.3 Å². The lowest BCUT2D eigenvalue weighted by Gasteiger charge is -2.01. The van der Waals surface area contributed by atoms with E-state index >= 15 is 0 Å². The highest BCUT2D eigenvalue weighted by atomic mass is 35.5. The minimum absolute atomic E-state index is 0.0154. The zero-order chi connectivity index (χ0) is 13.9. The van der Waals surface area contributed by atoms with Crippen LogP contribution in [0.4, 0.5) is 10.8 Å². The molecular weight excluding hydrogens is 312 g/mol. The van der Waals surface area contributed by atoms with Crippen molar-refractivity contribution >= 4 is 50.9 Å². The second-order valence-electron chi connectivity index (χ2n) is 3.97. The van der Waals surface area contributed by atoms with Crippen molar-refractivity contribution < 1.29 is 4.79 Å². The van der Waals surface area contributed by atoms with Crippen molar-refractivity contribution in [2.75, 3.05) is 5.32 Å². The minimum Gasteiger partial charge on any atom is -0.332 e. The van der Waals surface area contributed by atoms with Crippen LogP contribution in [0.2, 0.25) is 5.02 Å². The lowest BCUT2D eigenvalue weighted by molar-refractivity contribution is 0.104. The number of hydrogen-bond acceptors (Lipinski definition) is 5. The molecule has 3 rings (SSSR count). The van der Waals surface area contributed by atoms with E-state index in [9.17, 15) is 4.79 Å². The average molecular weight is 321 g/mol. The molecule has 3 aromatic rings. The van der Waals surface area contributed by atoms with Gasteiger partial charge in [-0.2, -0.15) is 0 Å². The Kier molecular flexibility index (Phi) is 3.82. The van der Waals surface area contributed by atoms with Crippen molar-refractivity contribution in [3.8, 4) is 0 Å². The van der Waals surface area contributed by atoms with Gasteiger partial charge in [0.05, 0.1) is 16.0 Å². The van der Waals surface area contributed by atoms with E-state index in [2.05, 4.69) is 10.3 Å². The Balaban J connectivity index is 1.77. The highest BCUT2D eigenvalue weighted by molar-refractivity contribution is 7.19. The van der Waals surface area contributed by atoms with Gasteiger partial charge in [0.2, 0.25) is 5.78 Å². The van der Waals surface area contributed by atoms with Gasteiger partial charge in [0, 0.05) is 10.7 Å². The van der Waals surface area contributed by atoms with E-state index in [4.69, 9.17) is 11.6 Å². The molecule has 1 aromatic carbocycles. The number of halogens is 1. The van der Waals surface area contributed by atoms with E-state index in [0.29, 0.717) is 15.0 Å². The summed E-state index contributed by atoms with van der Waals surface area (Å²) >= 11 is 8.61. The van der Waals surface area contributed by atoms with Gasteiger partial charge in [0.25, 0.3) is 0 Å². The van der Waals surface area contributed by atoms with Crippen LogP contribution in [0.3, 0.4) is 0 Å². The molecule has 20 heavy (non-hydrogen) atoms. The normalized spacial score (nSPS) is 10.4. The van der Waals surface area contributed by atoms with Gasteiger partial charge in [-0.1, -0.05) is 29.0 Å². The Morgan fingerprint density at radius 2 is 1.95 bits per heavy atom. The Morgan fingerprint density at radius 3 is 2.65 bits per heavy atom. The maximum absolute atomic E-state index is 12.2. The number of aromatic nitrogens is 1. The monoisotopic (exact) mass is 320 g/mol. The molecule has 0 aliphatic heterocycles. The summed E-state index contributed by atoms with van der Waals surface area (Å²) < 4.78 is 0. The molecule has 0 unspecified atom stereocenters. The van der Waals surface area contributed by atoms with Crippen LogP contribution in [0, 0.1) is 0 Å². The molecular formula is C14H9ClN2OS2. The first kappa shape index (κ1) is 13.3. The Morgan fingerprint density at radius 1 is 1.15 bits per heavy atom. The molecule has 0 aliphatic carbocycles. The second kappa shape index (κ2) is 5.75. The van der Waals surface area contributed by atoms with E-state index in [1.165, 1.54) is 22.7 Å². The minimum atomic E-state index is 0.0154. The van der Waals surface area contributed by atoms with Gasteiger partial charge in [-0.3, -0.25) is 4.79 Å². The fourth-order valence-electron chi connectivity index (χ4n) is 1.62. The predicted molar refractivity (Wildman–Crippen MR) is 84.6 cm³/mol. The molecule has 0 amide bonds. The van der Waals surface area contributed by atoms with Gasteiger partial charge >= 0.3 is 0 Å². The smallest absolute Gasteiger partial charge is 0.214 e. The van der Waals surface area contributed by atoms with Crippen LogP contribution in [0.5, 0.6) is 0 Å². The molecule has 0 bridgehead atoms. The molecule has 0 spiro atoms. The molecule has 2 heterocycles. The number of hydrogen-bond donors (Lipinski definition) is 1. The third-order valence-electron chi connectivity index (χ3n) is 2.57. The van der Waals surface area contributed by atoms with E-state index in [0.717, 1.165) is 10.6 Å². The number of anilines is 2. The van der Waals surface area contributed by atoms with Crippen LogP contribution >= 0.6 is 34.3 Å². The molecule has 2 aromatic heterocycles. The number of ketones is 1. The van der Waals surface area contributed by atoms with Crippen molar-refractivity contribution in [3.05, 3.63) is 62.8 Å². The van der Waals surface area contributed by atoms with Crippen LogP contribution in [0.1, 0.15) is 14.5 Å². The highest BCUT2D eigenvalue weighted by Gasteiger charge is 2.13. The van der Waals surface area contributed by atoms with Gasteiger partial charge in [0.15, 0.2) is 5.13 Å². The zero-order valence-corrected chi connectivity index (χ0v) is 12.6. The van der Waals surface area contributed by atoms with Crippen LogP contribution in [-0.2, 0) is 0 Å². The van der Waals surface area contributed by atoms with Crippen LogP contribution in [0.15, 0.2) is 48.0 Å². The Hall–Kier alpha value is -1.69. The van der Waals surface area contributed by atoms with Crippen molar-refractivity contribution in [3.63, 3.8) is 0 Å². The molecule has 0 aliphatic rings. The fraction of sp³-hybridized carbons (Fsp3) is 0. The van der Waals surface area contributed by atoms with Crippen molar-refractivity contribution in [1.82, 2.24) is 4.98 Å². The van der Waals surface area contributed by atoms with E-state index in [1.807, 2.05) is 29.6 Å². The first-order valence-electron chi connectivity index (χ1n) is 5.79. The van der Waals surface area contributed by atoms with E-state index < -0.39 is 0 Å². The zero-order valence-electron chi connectivity index (χ0n) is 10.2. The quantitative estimate of drug-likeness (QED) is 0.700.